The fraction of sp³-hybridized carbons (Fsp3) is 0. The number of hydrogen-bond acceptors (Lipinski definition) is 6. The molecule has 16 heavy (non-hydrogen) atoms. The molecule has 0 bridgehead atoms. The quantitative estimate of drug-likeness (QED) is 0.785. The molecule has 0 radical (unpaired) electrons. The van der Waals surface area contributed by atoms with Gasteiger partial charge in [-0.25, -0.2) is 4.98 Å². The molecule has 80 valence electrons. The maximum atomic E-state index is 5.15. The molecule has 3 aromatic heterocycles. The number of nitrogens with one attached hydrogen (secondary N) is 1. The molecule has 0 spiro atoms. The van der Waals surface area contributed by atoms with Gasteiger partial charge in [-0.1, -0.05) is 5.16 Å². The largest absolute Gasteiger partial charge is 0.333 e. The first-order chi connectivity index (χ1) is 7.84. The normalized spacial score (nSPS) is 10.8. The minimum absolute atomic E-state index is 0.396. The Balaban J connectivity index is 2.03. The zero-order chi connectivity index (χ0) is 11.0. The van der Waals surface area contributed by atoms with Gasteiger partial charge in [0.2, 0.25) is 5.82 Å². The summed E-state index contributed by atoms with van der Waals surface area (Å²) in [6, 6.07) is 1.93. The van der Waals surface area contributed by atoms with E-state index in [1.54, 1.807) is 0 Å². The zero-order valence-corrected chi connectivity index (χ0v) is 10.1. The third kappa shape index (κ3) is 1.55. The van der Waals surface area contributed by atoms with Gasteiger partial charge in [0.25, 0.3) is 5.89 Å². The average Bonchev–Trinajstić information content (AvgIpc) is 2.96. The van der Waals surface area contributed by atoms with Crippen molar-refractivity contribution in [2.75, 3.05) is 0 Å². The smallest absolute Gasteiger partial charge is 0.269 e. The molecule has 0 aliphatic rings. The average molecular weight is 298 g/mol. The summed E-state index contributed by atoms with van der Waals surface area (Å²) in [5, 5.41) is 12.2. The minimum atomic E-state index is 0.396. The molecule has 0 saturated heterocycles. The summed E-state index contributed by atoms with van der Waals surface area (Å²) in [5.74, 6) is 1.35. The lowest BCUT2D eigenvalue weighted by Crippen LogP contribution is -1.83. The van der Waals surface area contributed by atoms with Crippen molar-refractivity contribution in [1.29, 1.82) is 0 Å². The highest BCUT2D eigenvalue weighted by atomic mass is 79.9. The number of aromatic amines is 1. The van der Waals surface area contributed by atoms with E-state index in [2.05, 4.69) is 41.3 Å². The summed E-state index contributed by atoms with van der Waals surface area (Å²) >= 11 is 4.93. The second-order valence-corrected chi connectivity index (χ2v) is 4.63. The number of hydrogen-bond donors (Lipinski definition) is 1. The standard InChI is InChI=1S/C8H4BrN5OS/c9-4-1-2-16-5(4)8-12-7(14-15-8)6-10-3-11-13-6/h1-3H,(H,10,11,13). The van der Waals surface area contributed by atoms with Crippen molar-refractivity contribution in [1.82, 2.24) is 25.3 Å². The lowest BCUT2D eigenvalue weighted by atomic mass is 10.4. The van der Waals surface area contributed by atoms with E-state index in [0.717, 1.165) is 9.35 Å². The topological polar surface area (TPSA) is 80.5 Å². The lowest BCUT2D eigenvalue weighted by molar-refractivity contribution is 0.432. The number of rotatable bonds is 2. The molecular weight excluding hydrogens is 294 g/mol. The van der Waals surface area contributed by atoms with Gasteiger partial charge in [0, 0.05) is 4.47 Å². The van der Waals surface area contributed by atoms with Crippen LogP contribution in [0.2, 0.25) is 0 Å². The Morgan fingerprint density at radius 3 is 3.06 bits per heavy atom. The van der Waals surface area contributed by atoms with E-state index < -0.39 is 0 Å². The van der Waals surface area contributed by atoms with Gasteiger partial charge in [-0.3, -0.25) is 5.10 Å². The SMILES string of the molecule is Brc1ccsc1-c1nc(-c2ncn[nH]2)no1. The van der Waals surface area contributed by atoms with Crippen LogP contribution < -0.4 is 0 Å². The zero-order valence-electron chi connectivity index (χ0n) is 7.72. The molecule has 0 saturated carbocycles. The van der Waals surface area contributed by atoms with Crippen molar-refractivity contribution < 1.29 is 4.52 Å². The number of aromatic nitrogens is 5. The molecule has 0 aliphatic heterocycles. The Morgan fingerprint density at radius 1 is 1.44 bits per heavy atom. The highest BCUT2D eigenvalue weighted by Gasteiger charge is 2.15. The van der Waals surface area contributed by atoms with Crippen LogP contribution in [-0.4, -0.2) is 25.3 Å². The molecule has 0 unspecified atom stereocenters. The van der Waals surface area contributed by atoms with Crippen LogP contribution in [-0.2, 0) is 0 Å². The van der Waals surface area contributed by atoms with Gasteiger partial charge >= 0.3 is 0 Å². The first-order valence-corrected chi connectivity index (χ1v) is 5.94. The first-order valence-electron chi connectivity index (χ1n) is 4.27. The highest BCUT2D eigenvalue weighted by Crippen LogP contribution is 2.32. The van der Waals surface area contributed by atoms with Gasteiger partial charge in [0.1, 0.15) is 11.2 Å². The van der Waals surface area contributed by atoms with Crippen LogP contribution in [0, 0.1) is 0 Å². The molecule has 6 nitrogen and oxygen atoms in total. The van der Waals surface area contributed by atoms with Crippen LogP contribution in [0.3, 0.4) is 0 Å². The third-order valence-electron chi connectivity index (χ3n) is 1.86. The fourth-order valence-electron chi connectivity index (χ4n) is 1.17. The van der Waals surface area contributed by atoms with Gasteiger partial charge in [-0.15, -0.1) is 11.3 Å². The second-order valence-electron chi connectivity index (χ2n) is 2.85. The summed E-state index contributed by atoms with van der Waals surface area (Å²) in [4.78, 5) is 9.07. The van der Waals surface area contributed by atoms with Crippen molar-refractivity contribution in [2.45, 2.75) is 0 Å². The molecule has 0 atom stereocenters. The maximum absolute atomic E-state index is 5.15. The monoisotopic (exact) mass is 297 g/mol. The summed E-state index contributed by atoms with van der Waals surface area (Å²) in [7, 11) is 0. The van der Waals surface area contributed by atoms with E-state index in [-0.39, 0.29) is 0 Å². The summed E-state index contributed by atoms with van der Waals surface area (Å²) in [6.07, 6.45) is 1.40. The van der Waals surface area contributed by atoms with E-state index in [1.807, 2.05) is 11.4 Å². The number of nitrogens with zero attached hydrogens (tertiary/aromatic N) is 4. The van der Waals surface area contributed by atoms with Crippen molar-refractivity contribution in [2.24, 2.45) is 0 Å². The van der Waals surface area contributed by atoms with Gasteiger partial charge in [-0.2, -0.15) is 10.1 Å². The van der Waals surface area contributed by atoms with Crippen LogP contribution >= 0.6 is 27.3 Å². The number of halogens is 1. The number of H-pyrrole nitrogens is 1. The van der Waals surface area contributed by atoms with Crippen molar-refractivity contribution in [3.63, 3.8) is 0 Å². The Hall–Kier alpha value is -1.54. The van der Waals surface area contributed by atoms with E-state index >= 15 is 0 Å². The Labute approximate surface area is 102 Å². The van der Waals surface area contributed by atoms with Crippen molar-refractivity contribution >= 4 is 27.3 Å². The Morgan fingerprint density at radius 2 is 2.38 bits per heavy atom. The molecular formula is C8H4BrN5OS. The van der Waals surface area contributed by atoms with E-state index in [1.165, 1.54) is 17.7 Å². The molecule has 0 aromatic carbocycles. The van der Waals surface area contributed by atoms with Crippen molar-refractivity contribution in [3.05, 3.63) is 22.2 Å². The minimum Gasteiger partial charge on any atom is -0.333 e. The molecule has 3 aromatic rings. The van der Waals surface area contributed by atoms with Crippen molar-refractivity contribution in [3.8, 4) is 22.4 Å². The van der Waals surface area contributed by atoms with Crippen LogP contribution in [0.25, 0.3) is 22.4 Å². The highest BCUT2D eigenvalue weighted by molar-refractivity contribution is 9.10. The molecule has 0 amide bonds. The molecule has 1 N–H and O–H groups in total. The third-order valence-corrected chi connectivity index (χ3v) is 3.69. The van der Waals surface area contributed by atoms with Crippen LogP contribution in [0.15, 0.2) is 26.8 Å². The molecule has 8 heteroatoms. The summed E-state index contributed by atoms with van der Waals surface area (Å²) in [5.41, 5.74) is 0. The molecule has 0 aliphatic carbocycles. The lowest BCUT2D eigenvalue weighted by Gasteiger charge is -1.86. The van der Waals surface area contributed by atoms with E-state index in [4.69, 9.17) is 4.52 Å². The van der Waals surface area contributed by atoms with E-state index in [9.17, 15) is 0 Å². The van der Waals surface area contributed by atoms with Crippen LogP contribution in [0.1, 0.15) is 0 Å². The van der Waals surface area contributed by atoms with Crippen LogP contribution in [0.5, 0.6) is 0 Å². The van der Waals surface area contributed by atoms with E-state index in [0.29, 0.717) is 17.5 Å². The predicted octanol–water partition coefficient (Wildman–Crippen LogP) is 2.35. The summed E-state index contributed by atoms with van der Waals surface area (Å²) < 4.78 is 6.08. The maximum Gasteiger partial charge on any atom is 0.269 e. The summed E-state index contributed by atoms with van der Waals surface area (Å²) in [6.45, 7) is 0. The predicted molar refractivity (Wildman–Crippen MR) is 60.7 cm³/mol. The molecule has 3 rings (SSSR count). The second kappa shape index (κ2) is 3.80. The first kappa shape index (κ1) is 9.67. The van der Waals surface area contributed by atoms with Gasteiger partial charge in [0.15, 0.2) is 5.82 Å². The number of thiophene rings is 1. The molecule has 3 heterocycles. The molecule has 0 fully saturated rings. The Bertz CT molecular complexity index is 602. The van der Waals surface area contributed by atoms with Crippen LogP contribution in [0.4, 0.5) is 0 Å². The van der Waals surface area contributed by atoms with Gasteiger partial charge < -0.3 is 4.52 Å². The van der Waals surface area contributed by atoms with Gasteiger partial charge in [-0.05, 0) is 27.4 Å². The Kier molecular flexibility index (Phi) is 2.29. The fourth-order valence-corrected chi connectivity index (χ4v) is 2.63. The van der Waals surface area contributed by atoms with Gasteiger partial charge in [0.05, 0.1) is 0 Å².